The second kappa shape index (κ2) is 5.72. The lowest BCUT2D eigenvalue weighted by Crippen LogP contribution is -2.14. The third kappa shape index (κ3) is 3.33. The Morgan fingerprint density at radius 1 is 1.21 bits per heavy atom. The van der Waals surface area contributed by atoms with Crippen molar-refractivity contribution in [3.8, 4) is 0 Å². The Kier molecular flexibility index (Phi) is 4.22. The maximum Gasteiger partial charge on any atom is 0.123 e. The smallest absolute Gasteiger partial charge is 0.123 e. The van der Waals surface area contributed by atoms with Crippen molar-refractivity contribution in [2.45, 2.75) is 26.3 Å². The summed E-state index contributed by atoms with van der Waals surface area (Å²) in [6.45, 7) is 4.16. The third-order valence-electron chi connectivity index (χ3n) is 3.19. The Balaban J connectivity index is 2.23. The fourth-order valence-corrected chi connectivity index (χ4v) is 2.42. The molecule has 0 spiro atoms. The molecular formula is C15H18BrN3. The number of aromatic nitrogens is 1. The van der Waals surface area contributed by atoms with Crippen LogP contribution in [0, 0.1) is 13.8 Å². The molecule has 0 aliphatic heterocycles. The van der Waals surface area contributed by atoms with Gasteiger partial charge in [0.2, 0.25) is 0 Å². The second-order valence-corrected chi connectivity index (χ2v) is 5.66. The molecule has 1 aromatic carbocycles. The van der Waals surface area contributed by atoms with E-state index in [1.807, 2.05) is 12.1 Å². The number of nitrogens with zero attached hydrogens (tertiary/aromatic N) is 1. The van der Waals surface area contributed by atoms with Gasteiger partial charge in [-0.1, -0.05) is 28.1 Å². The zero-order chi connectivity index (χ0) is 14.0. The summed E-state index contributed by atoms with van der Waals surface area (Å²) in [4.78, 5) is 3.99. The fraction of sp³-hybridized carbons (Fsp3) is 0.267. The lowest BCUT2D eigenvalue weighted by molar-refractivity contribution is 0.719. The number of hydrogen-bond acceptors (Lipinski definition) is 3. The summed E-state index contributed by atoms with van der Waals surface area (Å²) in [6.07, 6.45) is 2.47. The first-order valence-corrected chi connectivity index (χ1v) is 6.99. The van der Waals surface area contributed by atoms with Crippen LogP contribution in [0.1, 0.15) is 28.3 Å². The number of anilines is 1. The predicted molar refractivity (Wildman–Crippen MR) is 82.9 cm³/mol. The predicted octanol–water partition coefficient (Wildman–Crippen LogP) is 3.29. The minimum Gasteiger partial charge on any atom is -0.384 e. The number of nitrogens with two attached hydrogens (primary N) is 2. The first kappa shape index (κ1) is 14.0. The standard InChI is InChI=1S/C15H18BrN3/c1-9-5-12(6-10(2)15(9)16)13(17)7-11-3-4-19-14(18)8-11/h3-6,8,13H,7,17H2,1-2H3,(H2,18,19). The molecule has 2 aromatic rings. The van der Waals surface area contributed by atoms with E-state index in [9.17, 15) is 0 Å². The first-order valence-electron chi connectivity index (χ1n) is 6.20. The number of pyridine rings is 1. The molecule has 100 valence electrons. The molecule has 0 saturated carbocycles. The molecule has 0 fully saturated rings. The number of aryl methyl sites for hydroxylation is 2. The Labute approximate surface area is 122 Å². The van der Waals surface area contributed by atoms with Crippen molar-refractivity contribution in [1.29, 1.82) is 0 Å². The van der Waals surface area contributed by atoms with Crippen molar-refractivity contribution in [3.05, 3.63) is 57.2 Å². The van der Waals surface area contributed by atoms with E-state index in [1.165, 1.54) is 11.1 Å². The van der Waals surface area contributed by atoms with E-state index in [0.29, 0.717) is 5.82 Å². The summed E-state index contributed by atoms with van der Waals surface area (Å²) in [6, 6.07) is 8.05. The summed E-state index contributed by atoms with van der Waals surface area (Å²) < 4.78 is 1.15. The molecule has 4 N–H and O–H groups in total. The van der Waals surface area contributed by atoms with Crippen molar-refractivity contribution in [2.24, 2.45) is 5.73 Å². The highest BCUT2D eigenvalue weighted by Crippen LogP contribution is 2.26. The largest absolute Gasteiger partial charge is 0.384 e. The molecule has 2 rings (SSSR count). The minimum absolute atomic E-state index is 0.0349. The van der Waals surface area contributed by atoms with E-state index in [1.54, 1.807) is 6.20 Å². The summed E-state index contributed by atoms with van der Waals surface area (Å²) >= 11 is 3.57. The summed E-state index contributed by atoms with van der Waals surface area (Å²) in [5.41, 5.74) is 16.6. The number of rotatable bonds is 3. The van der Waals surface area contributed by atoms with Gasteiger partial charge in [-0.15, -0.1) is 0 Å². The Bertz CT molecular complexity index is 573. The molecule has 0 saturated heterocycles. The quantitative estimate of drug-likeness (QED) is 0.912. The van der Waals surface area contributed by atoms with Crippen LogP contribution in [0.4, 0.5) is 5.82 Å². The SMILES string of the molecule is Cc1cc(C(N)Cc2ccnc(N)c2)cc(C)c1Br. The number of nitrogen functional groups attached to an aromatic ring is 1. The van der Waals surface area contributed by atoms with E-state index in [0.717, 1.165) is 22.0 Å². The average molecular weight is 320 g/mol. The Morgan fingerprint density at radius 2 is 1.84 bits per heavy atom. The van der Waals surface area contributed by atoms with Crippen LogP contribution in [0.25, 0.3) is 0 Å². The van der Waals surface area contributed by atoms with Crippen molar-refractivity contribution >= 4 is 21.7 Å². The summed E-state index contributed by atoms with van der Waals surface area (Å²) in [7, 11) is 0. The topological polar surface area (TPSA) is 64.9 Å². The van der Waals surface area contributed by atoms with Crippen molar-refractivity contribution < 1.29 is 0 Å². The van der Waals surface area contributed by atoms with Crippen molar-refractivity contribution in [1.82, 2.24) is 4.98 Å². The van der Waals surface area contributed by atoms with E-state index >= 15 is 0 Å². The molecule has 0 amide bonds. The van der Waals surface area contributed by atoms with Gasteiger partial charge in [-0.3, -0.25) is 0 Å². The zero-order valence-corrected chi connectivity index (χ0v) is 12.7. The zero-order valence-electron chi connectivity index (χ0n) is 11.2. The Hall–Kier alpha value is -1.39. The molecule has 1 atom stereocenters. The van der Waals surface area contributed by atoms with E-state index in [4.69, 9.17) is 11.5 Å². The van der Waals surface area contributed by atoms with Crippen LogP contribution in [0.3, 0.4) is 0 Å². The van der Waals surface area contributed by atoms with Crippen LogP contribution in [0.5, 0.6) is 0 Å². The van der Waals surface area contributed by atoms with E-state index in [-0.39, 0.29) is 6.04 Å². The molecule has 0 aliphatic rings. The van der Waals surface area contributed by atoms with Gasteiger partial charge >= 0.3 is 0 Å². The number of halogens is 1. The van der Waals surface area contributed by atoms with Crippen molar-refractivity contribution in [3.63, 3.8) is 0 Å². The maximum atomic E-state index is 6.29. The van der Waals surface area contributed by atoms with E-state index in [2.05, 4.69) is 46.9 Å². The number of benzene rings is 1. The fourth-order valence-electron chi connectivity index (χ4n) is 2.19. The molecular weight excluding hydrogens is 302 g/mol. The molecule has 4 heteroatoms. The molecule has 3 nitrogen and oxygen atoms in total. The van der Waals surface area contributed by atoms with Crippen molar-refractivity contribution in [2.75, 3.05) is 5.73 Å². The van der Waals surface area contributed by atoms with Crippen LogP contribution in [-0.4, -0.2) is 4.98 Å². The van der Waals surface area contributed by atoms with Gasteiger partial charge in [-0.2, -0.15) is 0 Å². The van der Waals surface area contributed by atoms with E-state index < -0.39 is 0 Å². The summed E-state index contributed by atoms with van der Waals surface area (Å²) in [5, 5.41) is 0. The first-order chi connectivity index (χ1) is 8.97. The molecule has 1 unspecified atom stereocenters. The van der Waals surface area contributed by atoms with Crippen LogP contribution >= 0.6 is 15.9 Å². The minimum atomic E-state index is -0.0349. The van der Waals surface area contributed by atoms with Gasteiger partial charge in [0, 0.05) is 16.7 Å². The normalized spacial score (nSPS) is 12.4. The highest BCUT2D eigenvalue weighted by atomic mass is 79.9. The van der Waals surface area contributed by atoms with Gasteiger partial charge < -0.3 is 11.5 Å². The van der Waals surface area contributed by atoms with Gasteiger partial charge in [0.05, 0.1) is 0 Å². The molecule has 0 aliphatic carbocycles. The van der Waals surface area contributed by atoms with Crippen LogP contribution in [0.2, 0.25) is 0 Å². The summed E-state index contributed by atoms with van der Waals surface area (Å²) in [5.74, 6) is 0.535. The lowest BCUT2D eigenvalue weighted by Gasteiger charge is -2.15. The highest BCUT2D eigenvalue weighted by molar-refractivity contribution is 9.10. The highest BCUT2D eigenvalue weighted by Gasteiger charge is 2.10. The van der Waals surface area contributed by atoms with Crippen LogP contribution in [0.15, 0.2) is 34.9 Å². The van der Waals surface area contributed by atoms with Crippen LogP contribution < -0.4 is 11.5 Å². The third-order valence-corrected chi connectivity index (χ3v) is 4.44. The molecule has 1 heterocycles. The van der Waals surface area contributed by atoms with Gasteiger partial charge in [0.1, 0.15) is 5.82 Å². The van der Waals surface area contributed by atoms with Gasteiger partial charge in [0.25, 0.3) is 0 Å². The molecule has 1 aromatic heterocycles. The van der Waals surface area contributed by atoms with Gasteiger partial charge in [0.15, 0.2) is 0 Å². The second-order valence-electron chi connectivity index (χ2n) is 4.87. The van der Waals surface area contributed by atoms with Crippen LogP contribution in [-0.2, 0) is 6.42 Å². The average Bonchev–Trinajstić information content (AvgIpc) is 2.35. The number of hydrogen-bond donors (Lipinski definition) is 2. The Morgan fingerprint density at radius 3 is 2.42 bits per heavy atom. The lowest BCUT2D eigenvalue weighted by atomic mass is 9.97. The molecule has 0 radical (unpaired) electrons. The maximum absolute atomic E-state index is 6.29. The van der Waals surface area contributed by atoms with Gasteiger partial charge in [-0.05, 0) is 54.7 Å². The molecule has 19 heavy (non-hydrogen) atoms. The monoisotopic (exact) mass is 319 g/mol. The van der Waals surface area contributed by atoms with Gasteiger partial charge in [-0.25, -0.2) is 4.98 Å². The molecule has 0 bridgehead atoms.